The van der Waals surface area contributed by atoms with Gasteiger partial charge in [0.1, 0.15) is 5.82 Å². The zero-order valence-electron chi connectivity index (χ0n) is 15.6. The van der Waals surface area contributed by atoms with Crippen LogP contribution in [-0.2, 0) is 19.6 Å². The van der Waals surface area contributed by atoms with Crippen molar-refractivity contribution < 1.29 is 4.39 Å². The standard InChI is InChI=1S/C21H24FN5/c1-23-21(26(2)14-19-4-3-5-20(22)12-19)25-13-17-6-8-18(9-7-17)15-27-11-10-24-16-27/h3-12,16H,13-15H2,1-2H3,(H,23,25). The largest absolute Gasteiger partial charge is 0.352 e. The molecule has 1 N–H and O–H groups in total. The molecule has 27 heavy (non-hydrogen) atoms. The maximum Gasteiger partial charge on any atom is 0.193 e. The molecule has 0 atom stereocenters. The molecule has 0 aliphatic heterocycles. The molecule has 1 aromatic heterocycles. The van der Waals surface area contributed by atoms with Crippen LogP contribution in [0.1, 0.15) is 16.7 Å². The fourth-order valence-corrected chi connectivity index (χ4v) is 2.90. The van der Waals surface area contributed by atoms with Gasteiger partial charge in [-0.15, -0.1) is 0 Å². The number of aliphatic imine (C=N–C) groups is 1. The molecular weight excluding hydrogens is 341 g/mol. The van der Waals surface area contributed by atoms with Gasteiger partial charge in [0.15, 0.2) is 5.96 Å². The summed E-state index contributed by atoms with van der Waals surface area (Å²) in [5.74, 6) is 0.543. The lowest BCUT2D eigenvalue weighted by molar-refractivity contribution is 0.474. The highest BCUT2D eigenvalue weighted by molar-refractivity contribution is 5.79. The average molecular weight is 365 g/mol. The van der Waals surface area contributed by atoms with E-state index in [1.807, 2.05) is 35.1 Å². The Bertz CT molecular complexity index is 872. The second-order valence-corrected chi connectivity index (χ2v) is 6.44. The number of hydrogen-bond donors (Lipinski definition) is 1. The molecule has 0 bridgehead atoms. The van der Waals surface area contributed by atoms with E-state index in [0.717, 1.165) is 18.1 Å². The van der Waals surface area contributed by atoms with Crippen molar-refractivity contribution in [3.05, 3.63) is 89.8 Å². The van der Waals surface area contributed by atoms with Crippen LogP contribution in [0.3, 0.4) is 0 Å². The van der Waals surface area contributed by atoms with Crippen molar-refractivity contribution in [3.8, 4) is 0 Å². The van der Waals surface area contributed by atoms with Crippen molar-refractivity contribution in [1.29, 1.82) is 0 Å². The van der Waals surface area contributed by atoms with Gasteiger partial charge in [-0.05, 0) is 28.8 Å². The number of hydrogen-bond acceptors (Lipinski definition) is 2. The Labute approximate surface area is 159 Å². The molecule has 2 aromatic carbocycles. The van der Waals surface area contributed by atoms with E-state index in [2.05, 4.69) is 39.6 Å². The maximum absolute atomic E-state index is 13.4. The minimum Gasteiger partial charge on any atom is -0.352 e. The monoisotopic (exact) mass is 365 g/mol. The molecule has 140 valence electrons. The average Bonchev–Trinajstić information content (AvgIpc) is 3.16. The molecule has 5 nitrogen and oxygen atoms in total. The topological polar surface area (TPSA) is 45.5 Å². The molecule has 0 amide bonds. The van der Waals surface area contributed by atoms with Crippen molar-refractivity contribution >= 4 is 5.96 Å². The first-order valence-corrected chi connectivity index (χ1v) is 8.84. The number of guanidine groups is 1. The Hall–Kier alpha value is -3.15. The van der Waals surface area contributed by atoms with Gasteiger partial charge in [0, 0.05) is 46.1 Å². The Morgan fingerprint density at radius 1 is 1.15 bits per heavy atom. The summed E-state index contributed by atoms with van der Waals surface area (Å²) in [5.41, 5.74) is 3.30. The highest BCUT2D eigenvalue weighted by Crippen LogP contribution is 2.08. The highest BCUT2D eigenvalue weighted by atomic mass is 19.1. The summed E-state index contributed by atoms with van der Waals surface area (Å²) in [6.45, 7) is 2.07. The summed E-state index contributed by atoms with van der Waals surface area (Å²) >= 11 is 0. The Kier molecular flexibility index (Phi) is 6.20. The Balaban J connectivity index is 1.54. The van der Waals surface area contributed by atoms with Crippen LogP contribution in [0, 0.1) is 5.82 Å². The molecule has 6 heteroatoms. The van der Waals surface area contributed by atoms with Gasteiger partial charge in [-0.1, -0.05) is 36.4 Å². The third-order valence-corrected chi connectivity index (χ3v) is 4.28. The van der Waals surface area contributed by atoms with Crippen LogP contribution in [0.15, 0.2) is 72.2 Å². The van der Waals surface area contributed by atoms with Crippen molar-refractivity contribution in [2.75, 3.05) is 14.1 Å². The first-order valence-electron chi connectivity index (χ1n) is 8.84. The Morgan fingerprint density at radius 2 is 1.93 bits per heavy atom. The minimum absolute atomic E-state index is 0.223. The summed E-state index contributed by atoms with van der Waals surface area (Å²) in [7, 11) is 3.69. The first kappa shape index (κ1) is 18.6. The number of nitrogens with zero attached hydrogens (tertiary/aromatic N) is 4. The summed E-state index contributed by atoms with van der Waals surface area (Å²) in [4.78, 5) is 10.4. The molecule has 0 aliphatic carbocycles. The molecule has 1 heterocycles. The van der Waals surface area contributed by atoms with Crippen LogP contribution in [0.2, 0.25) is 0 Å². The minimum atomic E-state index is -0.223. The predicted octanol–water partition coefficient (Wildman–Crippen LogP) is 3.28. The van der Waals surface area contributed by atoms with Crippen molar-refractivity contribution in [1.82, 2.24) is 19.8 Å². The van der Waals surface area contributed by atoms with Gasteiger partial charge in [-0.2, -0.15) is 0 Å². The van der Waals surface area contributed by atoms with Gasteiger partial charge in [0.25, 0.3) is 0 Å². The first-order chi connectivity index (χ1) is 13.1. The van der Waals surface area contributed by atoms with E-state index in [9.17, 15) is 4.39 Å². The fraction of sp³-hybridized carbons (Fsp3) is 0.238. The van der Waals surface area contributed by atoms with Gasteiger partial charge < -0.3 is 14.8 Å². The SMILES string of the molecule is CN=C(NCc1ccc(Cn2ccnc2)cc1)N(C)Cc1cccc(F)c1. The number of halogens is 1. The van der Waals surface area contributed by atoms with Gasteiger partial charge in [0.05, 0.1) is 6.33 Å². The van der Waals surface area contributed by atoms with Gasteiger partial charge >= 0.3 is 0 Å². The van der Waals surface area contributed by atoms with E-state index in [1.165, 1.54) is 17.2 Å². The summed E-state index contributed by atoms with van der Waals surface area (Å²) in [5, 5.41) is 3.35. The van der Waals surface area contributed by atoms with Crippen molar-refractivity contribution in [2.45, 2.75) is 19.6 Å². The number of aromatic nitrogens is 2. The van der Waals surface area contributed by atoms with Crippen LogP contribution in [0.4, 0.5) is 4.39 Å². The lowest BCUT2D eigenvalue weighted by Gasteiger charge is -2.22. The molecule has 0 spiro atoms. The smallest absolute Gasteiger partial charge is 0.193 e. The zero-order chi connectivity index (χ0) is 19.1. The molecule has 3 rings (SSSR count). The molecule has 3 aromatic rings. The number of nitrogens with one attached hydrogen (secondary N) is 1. The molecule has 0 radical (unpaired) electrons. The molecule has 0 fully saturated rings. The second kappa shape index (κ2) is 8.98. The maximum atomic E-state index is 13.4. The predicted molar refractivity (Wildman–Crippen MR) is 106 cm³/mol. The third-order valence-electron chi connectivity index (χ3n) is 4.28. The lowest BCUT2D eigenvalue weighted by Crippen LogP contribution is -2.38. The molecule has 0 aliphatic rings. The zero-order valence-corrected chi connectivity index (χ0v) is 15.6. The van der Waals surface area contributed by atoms with Crippen molar-refractivity contribution in [3.63, 3.8) is 0 Å². The van der Waals surface area contributed by atoms with Gasteiger partial charge in [0.2, 0.25) is 0 Å². The van der Waals surface area contributed by atoms with Crippen LogP contribution < -0.4 is 5.32 Å². The van der Waals surface area contributed by atoms with E-state index in [4.69, 9.17) is 0 Å². The van der Waals surface area contributed by atoms with E-state index < -0.39 is 0 Å². The number of imidazole rings is 1. The molecule has 0 saturated carbocycles. The van der Waals surface area contributed by atoms with E-state index in [0.29, 0.717) is 13.1 Å². The molecular formula is C21H24FN5. The van der Waals surface area contributed by atoms with Crippen LogP contribution in [0.25, 0.3) is 0 Å². The second-order valence-electron chi connectivity index (χ2n) is 6.44. The van der Waals surface area contributed by atoms with Crippen LogP contribution in [0.5, 0.6) is 0 Å². The van der Waals surface area contributed by atoms with Gasteiger partial charge in [-0.25, -0.2) is 9.37 Å². The number of benzene rings is 2. The summed E-state index contributed by atoms with van der Waals surface area (Å²) < 4.78 is 15.4. The fourth-order valence-electron chi connectivity index (χ4n) is 2.90. The molecule has 0 saturated heterocycles. The van der Waals surface area contributed by atoms with Gasteiger partial charge in [-0.3, -0.25) is 4.99 Å². The number of rotatable bonds is 6. The van der Waals surface area contributed by atoms with E-state index >= 15 is 0 Å². The highest BCUT2D eigenvalue weighted by Gasteiger charge is 2.07. The normalized spacial score (nSPS) is 11.4. The Morgan fingerprint density at radius 3 is 2.59 bits per heavy atom. The van der Waals surface area contributed by atoms with E-state index in [-0.39, 0.29) is 5.82 Å². The van der Waals surface area contributed by atoms with Crippen LogP contribution >= 0.6 is 0 Å². The lowest BCUT2D eigenvalue weighted by atomic mass is 10.1. The summed E-state index contributed by atoms with van der Waals surface area (Å²) in [6.07, 6.45) is 5.55. The van der Waals surface area contributed by atoms with Crippen LogP contribution in [-0.4, -0.2) is 34.5 Å². The third kappa shape index (κ3) is 5.41. The quantitative estimate of drug-likeness (QED) is 0.539. The van der Waals surface area contributed by atoms with E-state index in [1.54, 1.807) is 25.4 Å². The van der Waals surface area contributed by atoms with Crippen molar-refractivity contribution in [2.24, 2.45) is 4.99 Å². The molecule has 0 unspecified atom stereocenters. The summed E-state index contributed by atoms with van der Waals surface area (Å²) in [6, 6.07) is 15.1.